The molecule has 0 fully saturated rings. The van der Waals surface area contributed by atoms with Crippen molar-refractivity contribution >= 4 is 16.9 Å². The fraction of sp³-hybridized carbons (Fsp3) is 0.333. The predicted octanol–water partition coefficient (Wildman–Crippen LogP) is 1.58. The number of fused-ring (bicyclic) bond motifs is 1. The van der Waals surface area contributed by atoms with E-state index in [4.69, 9.17) is 0 Å². The molecule has 3 heterocycles. The number of aryl methyl sites for hydroxylation is 1. The Balaban J connectivity index is 2.14. The molecule has 0 amide bonds. The van der Waals surface area contributed by atoms with Crippen molar-refractivity contribution in [3.05, 3.63) is 18.6 Å². The molecule has 0 aliphatic rings. The average molecular weight is 257 g/mol. The van der Waals surface area contributed by atoms with Gasteiger partial charge in [-0.2, -0.15) is 10.2 Å². The number of hydrogen-bond donors (Lipinski definition) is 2. The van der Waals surface area contributed by atoms with Crippen LogP contribution in [0.4, 0.5) is 5.82 Å². The van der Waals surface area contributed by atoms with Gasteiger partial charge in [0.1, 0.15) is 17.8 Å². The monoisotopic (exact) mass is 257 g/mol. The van der Waals surface area contributed by atoms with Crippen molar-refractivity contribution in [3.8, 4) is 11.4 Å². The summed E-state index contributed by atoms with van der Waals surface area (Å²) in [5.74, 6) is 0.793. The van der Waals surface area contributed by atoms with Crippen LogP contribution in [0.2, 0.25) is 0 Å². The standard InChI is InChI=1S/C12H15N7/c1-3-5-13-11-9-10(8-4-6-19(2)18-8)16-17-12(9)15-7-14-11/h4,6-7H,3,5H2,1-2H3,(H2,13,14,15,16,17). The number of aromatic nitrogens is 6. The Hall–Kier alpha value is -2.44. The van der Waals surface area contributed by atoms with Gasteiger partial charge in [-0.1, -0.05) is 6.92 Å². The summed E-state index contributed by atoms with van der Waals surface area (Å²) in [7, 11) is 1.88. The third-order valence-corrected chi connectivity index (χ3v) is 2.86. The molecule has 0 radical (unpaired) electrons. The first-order valence-corrected chi connectivity index (χ1v) is 6.22. The number of nitrogens with zero attached hydrogens (tertiary/aromatic N) is 5. The van der Waals surface area contributed by atoms with Crippen LogP contribution in [0.15, 0.2) is 18.6 Å². The second-order valence-corrected chi connectivity index (χ2v) is 4.32. The highest BCUT2D eigenvalue weighted by Crippen LogP contribution is 2.28. The Morgan fingerprint density at radius 3 is 3.00 bits per heavy atom. The highest BCUT2D eigenvalue weighted by atomic mass is 15.3. The van der Waals surface area contributed by atoms with Gasteiger partial charge in [-0.05, 0) is 12.5 Å². The third kappa shape index (κ3) is 2.03. The molecule has 3 rings (SSSR count). The van der Waals surface area contributed by atoms with E-state index in [2.05, 4.69) is 37.5 Å². The maximum atomic E-state index is 4.39. The maximum absolute atomic E-state index is 4.39. The lowest BCUT2D eigenvalue weighted by atomic mass is 10.2. The zero-order chi connectivity index (χ0) is 13.2. The van der Waals surface area contributed by atoms with Crippen molar-refractivity contribution in [2.45, 2.75) is 13.3 Å². The minimum Gasteiger partial charge on any atom is -0.369 e. The van der Waals surface area contributed by atoms with Crippen molar-refractivity contribution in [1.29, 1.82) is 0 Å². The van der Waals surface area contributed by atoms with Gasteiger partial charge in [-0.3, -0.25) is 9.78 Å². The van der Waals surface area contributed by atoms with Crippen LogP contribution in [0.25, 0.3) is 22.4 Å². The number of rotatable bonds is 4. The molecule has 0 saturated heterocycles. The van der Waals surface area contributed by atoms with Crippen LogP contribution in [-0.4, -0.2) is 36.5 Å². The summed E-state index contributed by atoms with van der Waals surface area (Å²) in [6.07, 6.45) is 4.44. The van der Waals surface area contributed by atoms with E-state index in [1.807, 2.05) is 19.3 Å². The molecule has 0 aliphatic heterocycles. The van der Waals surface area contributed by atoms with Crippen molar-refractivity contribution < 1.29 is 0 Å². The van der Waals surface area contributed by atoms with E-state index in [0.29, 0.717) is 5.65 Å². The van der Waals surface area contributed by atoms with Gasteiger partial charge < -0.3 is 5.32 Å². The summed E-state index contributed by atoms with van der Waals surface area (Å²) >= 11 is 0. The molecule has 0 spiro atoms. The largest absolute Gasteiger partial charge is 0.369 e. The van der Waals surface area contributed by atoms with Crippen molar-refractivity contribution in [2.24, 2.45) is 7.05 Å². The molecule has 98 valence electrons. The Bertz CT molecular complexity index is 697. The van der Waals surface area contributed by atoms with Crippen LogP contribution in [0.5, 0.6) is 0 Å². The van der Waals surface area contributed by atoms with E-state index < -0.39 is 0 Å². The van der Waals surface area contributed by atoms with Crippen LogP contribution in [0.3, 0.4) is 0 Å². The molecule has 0 unspecified atom stereocenters. The van der Waals surface area contributed by atoms with E-state index >= 15 is 0 Å². The summed E-state index contributed by atoms with van der Waals surface area (Å²) in [6, 6.07) is 1.93. The molecule has 2 N–H and O–H groups in total. The number of anilines is 1. The topological polar surface area (TPSA) is 84.3 Å². The van der Waals surface area contributed by atoms with Gasteiger partial charge in [0.15, 0.2) is 5.65 Å². The zero-order valence-corrected chi connectivity index (χ0v) is 10.9. The van der Waals surface area contributed by atoms with Gasteiger partial charge in [-0.15, -0.1) is 0 Å². The van der Waals surface area contributed by atoms with E-state index in [0.717, 1.165) is 35.6 Å². The Morgan fingerprint density at radius 1 is 1.37 bits per heavy atom. The van der Waals surface area contributed by atoms with E-state index in [-0.39, 0.29) is 0 Å². The minimum absolute atomic E-state index is 0.647. The third-order valence-electron chi connectivity index (χ3n) is 2.86. The fourth-order valence-corrected chi connectivity index (χ4v) is 1.97. The first-order valence-electron chi connectivity index (χ1n) is 6.22. The number of hydrogen-bond acceptors (Lipinski definition) is 5. The quantitative estimate of drug-likeness (QED) is 0.741. The summed E-state index contributed by atoms with van der Waals surface area (Å²) < 4.78 is 1.75. The lowest BCUT2D eigenvalue weighted by Crippen LogP contribution is -2.03. The van der Waals surface area contributed by atoms with Crippen LogP contribution < -0.4 is 5.32 Å². The number of H-pyrrole nitrogens is 1. The Morgan fingerprint density at radius 2 is 2.26 bits per heavy atom. The van der Waals surface area contributed by atoms with Crippen LogP contribution in [0.1, 0.15) is 13.3 Å². The molecule has 0 aliphatic carbocycles. The van der Waals surface area contributed by atoms with Gasteiger partial charge in [0.05, 0.1) is 11.1 Å². The molecule has 0 saturated carbocycles. The molecule has 19 heavy (non-hydrogen) atoms. The number of nitrogens with one attached hydrogen (secondary N) is 2. The van der Waals surface area contributed by atoms with Crippen molar-refractivity contribution in [2.75, 3.05) is 11.9 Å². The molecule has 0 aromatic carbocycles. The molecule has 0 atom stereocenters. The van der Waals surface area contributed by atoms with Gasteiger partial charge in [-0.25, -0.2) is 9.97 Å². The average Bonchev–Trinajstić information content (AvgIpc) is 3.02. The van der Waals surface area contributed by atoms with Crippen LogP contribution in [0, 0.1) is 0 Å². The maximum Gasteiger partial charge on any atom is 0.186 e. The summed E-state index contributed by atoms with van der Waals surface area (Å²) in [6.45, 7) is 2.97. The summed E-state index contributed by atoms with van der Waals surface area (Å²) in [5, 5.41) is 15.8. The highest BCUT2D eigenvalue weighted by Gasteiger charge is 2.15. The molecule has 7 heteroatoms. The molecule has 3 aromatic heterocycles. The van der Waals surface area contributed by atoms with E-state index in [1.165, 1.54) is 6.33 Å². The van der Waals surface area contributed by atoms with E-state index in [9.17, 15) is 0 Å². The molecular formula is C12H15N7. The van der Waals surface area contributed by atoms with Crippen LogP contribution in [-0.2, 0) is 7.05 Å². The summed E-state index contributed by atoms with van der Waals surface area (Å²) in [4.78, 5) is 8.47. The van der Waals surface area contributed by atoms with Gasteiger partial charge in [0, 0.05) is 19.8 Å². The second kappa shape index (κ2) is 4.68. The second-order valence-electron chi connectivity index (χ2n) is 4.32. The molecule has 7 nitrogen and oxygen atoms in total. The fourth-order valence-electron chi connectivity index (χ4n) is 1.97. The summed E-state index contributed by atoms with van der Waals surface area (Å²) in [5.41, 5.74) is 2.32. The SMILES string of the molecule is CCCNc1ncnc2n[nH]c(-c3ccn(C)n3)c12. The number of aromatic amines is 1. The first kappa shape index (κ1) is 11.6. The van der Waals surface area contributed by atoms with Crippen molar-refractivity contribution in [1.82, 2.24) is 29.9 Å². The molecule has 0 bridgehead atoms. The van der Waals surface area contributed by atoms with Gasteiger partial charge in [0.25, 0.3) is 0 Å². The smallest absolute Gasteiger partial charge is 0.186 e. The highest BCUT2D eigenvalue weighted by molar-refractivity contribution is 5.97. The van der Waals surface area contributed by atoms with Gasteiger partial charge in [0.2, 0.25) is 0 Å². The predicted molar refractivity (Wildman–Crippen MR) is 72.7 cm³/mol. The lowest BCUT2D eigenvalue weighted by Gasteiger charge is -2.04. The first-order chi connectivity index (χ1) is 9.29. The van der Waals surface area contributed by atoms with Crippen LogP contribution >= 0.6 is 0 Å². The zero-order valence-electron chi connectivity index (χ0n) is 10.9. The van der Waals surface area contributed by atoms with E-state index in [1.54, 1.807) is 4.68 Å². The molecular weight excluding hydrogens is 242 g/mol. The Labute approximate surface area is 110 Å². The lowest BCUT2D eigenvalue weighted by molar-refractivity contribution is 0.770. The Kier molecular flexibility index (Phi) is 2.86. The van der Waals surface area contributed by atoms with Crippen molar-refractivity contribution in [3.63, 3.8) is 0 Å². The molecule has 3 aromatic rings. The van der Waals surface area contributed by atoms with Gasteiger partial charge >= 0.3 is 0 Å². The minimum atomic E-state index is 0.647. The normalized spacial score (nSPS) is 11.1.